The predicted octanol–water partition coefficient (Wildman–Crippen LogP) is 1.58. The number of amides is 1. The van der Waals surface area contributed by atoms with Gasteiger partial charge in [0, 0.05) is 31.4 Å². The Morgan fingerprint density at radius 3 is 2.71 bits per heavy atom. The number of nitrogens with zero attached hydrogens (tertiary/aromatic N) is 3. The molecule has 2 aromatic rings. The van der Waals surface area contributed by atoms with Crippen molar-refractivity contribution in [3.05, 3.63) is 48.3 Å². The summed E-state index contributed by atoms with van der Waals surface area (Å²) in [6.07, 6.45) is 6.09. The molecule has 1 aliphatic rings. The molecule has 0 aliphatic carbocycles. The van der Waals surface area contributed by atoms with Crippen molar-refractivity contribution in [3.8, 4) is 5.69 Å². The second-order valence-electron chi connectivity index (χ2n) is 5.32. The van der Waals surface area contributed by atoms with E-state index in [0.717, 1.165) is 37.2 Å². The third-order valence-electron chi connectivity index (χ3n) is 3.72. The molecule has 3 rings (SSSR count). The summed E-state index contributed by atoms with van der Waals surface area (Å²) in [6, 6.07) is 9.99. The van der Waals surface area contributed by atoms with Gasteiger partial charge in [0.05, 0.1) is 18.4 Å². The van der Waals surface area contributed by atoms with Gasteiger partial charge in [0.15, 0.2) is 0 Å². The molecule has 5 nitrogen and oxygen atoms in total. The summed E-state index contributed by atoms with van der Waals surface area (Å²) in [5.74, 6) is 0.197. The third-order valence-corrected chi connectivity index (χ3v) is 3.72. The second-order valence-corrected chi connectivity index (χ2v) is 5.32. The summed E-state index contributed by atoms with van der Waals surface area (Å²) >= 11 is 0. The zero-order valence-corrected chi connectivity index (χ0v) is 12.0. The van der Waals surface area contributed by atoms with E-state index in [-0.39, 0.29) is 5.91 Å². The number of para-hydroxylation sites is 1. The highest BCUT2D eigenvalue weighted by Crippen LogP contribution is 2.08. The normalized spacial score (nSPS) is 14.6. The summed E-state index contributed by atoms with van der Waals surface area (Å²) in [4.78, 5) is 13.8. The van der Waals surface area contributed by atoms with Gasteiger partial charge in [0.25, 0.3) is 0 Å². The van der Waals surface area contributed by atoms with Gasteiger partial charge in [-0.2, -0.15) is 5.10 Å². The Balaban J connectivity index is 1.50. The van der Waals surface area contributed by atoms with Crippen molar-refractivity contribution in [1.29, 1.82) is 0 Å². The molecule has 1 amide bonds. The van der Waals surface area contributed by atoms with E-state index in [9.17, 15) is 4.79 Å². The van der Waals surface area contributed by atoms with Gasteiger partial charge in [-0.15, -0.1) is 0 Å². The summed E-state index contributed by atoms with van der Waals surface area (Å²) in [6.45, 7) is 2.88. The topological polar surface area (TPSA) is 50.2 Å². The molecule has 0 bridgehead atoms. The number of carbonyl (C=O) groups excluding carboxylic acids is 1. The molecule has 5 heteroatoms. The van der Waals surface area contributed by atoms with Crippen molar-refractivity contribution in [3.63, 3.8) is 0 Å². The predicted molar refractivity (Wildman–Crippen MR) is 81.1 cm³/mol. The van der Waals surface area contributed by atoms with Crippen molar-refractivity contribution in [2.75, 3.05) is 19.6 Å². The Kier molecular flexibility index (Phi) is 4.31. The molecular formula is C16H20N4O. The van der Waals surface area contributed by atoms with Crippen molar-refractivity contribution in [2.24, 2.45) is 0 Å². The Hall–Kier alpha value is -2.14. The molecule has 0 saturated carbocycles. The molecule has 0 spiro atoms. The number of benzene rings is 1. The van der Waals surface area contributed by atoms with Crippen molar-refractivity contribution in [1.82, 2.24) is 20.0 Å². The van der Waals surface area contributed by atoms with E-state index in [1.807, 2.05) is 52.3 Å². The first-order valence-electron chi connectivity index (χ1n) is 7.40. The monoisotopic (exact) mass is 284 g/mol. The van der Waals surface area contributed by atoms with Gasteiger partial charge in [-0.1, -0.05) is 18.2 Å². The average Bonchev–Trinajstić information content (AvgIpc) is 3.20. The minimum absolute atomic E-state index is 0.197. The fourth-order valence-electron chi connectivity index (χ4n) is 2.57. The van der Waals surface area contributed by atoms with Crippen LogP contribution in [0.3, 0.4) is 0 Å². The van der Waals surface area contributed by atoms with E-state index >= 15 is 0 Å². The van der Waals surface area contributed by atoms with Gasteiger partial charge in [0.2, 0.25) is 5.91 Å². The van der Waals surface area contributed by atoms with Crippen molar-refractivity contribution in [2.45, 2.75) is 19.4 Å². The molecule has 1 aromatic carbocycles. The van der Waals surface area contributed by atoms with Gasteiger partial charge in [-0.05, 0) is 25.0 Å². The van der Waals surface area contributed by atoms with Crippen LogP contribution >= 0.6 is 0 Å². The van der Waals surface area contributed by atoms with Crippen LogP contribution in [0.25, 0.3) is 5.69 Å². The molecule has 110 valence electrons. The maximum Gasteiger partial charge on any atom is 0.236 e. The zero-order chi connectivity index (χ0) is 14.5. The lowest BCUT2D eigenvalue weighted by molar-refractivity contribution is -0.129. The minimum atomic E-state index is 0.197. The zero-order valence-electron chi connectivity index (χ0n) is 12.0. The second kappa shape index (κ2) is 6.54. The summed E-state index contributed by atoms with van der Waals surface area (Å²) in [5, 5.41) is 7.54. The Morgan fingerprint density at radius 2 is 1.95 bits per heavy atom. The van der Waals surface area contributed by atoms with Crippen LogP contribution in [0, 0.1) is 0 Å². The van der Waals surface area contributed by atoms with Gasteiger partial charge in [-0.3, -0.25) is 4.79 Å². The molecule has 1 aromatic heterocycles. The number of rotatable bonds is 5. The first-order valence-corrected chi connectivity index (χ1v) is 7.40. The van der Waals surface area contributed by atoms with Crippen molar-refractivity contribution < 1.29 is 4.79 Å². The van der Waals surface area contributed by atoms with E-state index < -0.39 is 0 Å². The van der Waals surface area contributed by atoms with E-state index in [4.69, 9.17) is 0 Å². The van der Waals surface area contributed by atoms with Crippen LogP contribution in [0.2, 0.25) is 0 Å². The summed E-state index contributed by atoms with van der Waals surface area (Å²) in [5.41, 5.74) is 2.12. The maximum absolute atomic E-state index is 11.9. The van der Waals surface area contributed by atoms with E-state index in [0.29, 0.717) is 13.1 Å². The van der Waals surface area contributed by atoms with Gasteiger partial charge in [0.1, 0.15) is 0 Å². The number of aromatic nitrogens is 2. The lowest BCUT2D eigenvalue weighted by Gasteiger charge is -2.15. The number of carbonyl (C=O) groups is 1. The number of hydrogen-bond acceptors (Lipinski definition) is 3. The van der Waals surface area contributed by atoms with E-state index in [1.165, 1.54) is 0 Å². The Morgan fingerprint density at radius 1 is 1.19 bits per heavy atom. The number of nitrogens with one attached hydrogen (secondary N) is 1. The fraction of sp³-hybridized carbons (Fsp3) is 0.375. The molecular weight excluding hydrogens is 264 g/mol. The third kappa shape index (κ3) is 3.49. The number of hydrogen-bond donors (Lipinski definition) is 1. The molecule has 0 radical (unpaired) electrons. The molecule has 1 fully saturated rings. The van der Waals surface area contributed by atoms with E-state index in [1.54, 1.807) is 0 Å². The van der Waals surface area contributed by atoms with Gasteiger partial charge < -0.3 is 10.2 Å². The maximum atomic E-state index is 11.9. The van der Waals surface area contributed by atoms with Crippen LogP contribution in [-0.2, 0) is 11.3 Å². The summed E-state index contributed by atoms with van der Waals surface area (Å²) < 4.78 is 1.85. The lowest BCUT2D eigenvalue weighted by atomic mass is 10.3. The van der Waals surface area contributed by atoms with Crippen molar-refractivity contribution >= 4 is 5.91 Å². The lowest BCUT2D eigenvalue weighted by Crippen LogP contribution is -2.35. The van der Waals surface area contributed by atoms with Crippen LogP contribution < -0.4 is 5.32 Å². The first-order chi connectivity index (χ1) is 10.3. The van der Waals surface area contributed by atoms with Crippen LogP contribution in [0.15, 0.2) is 42.7 Å². The Labute approximate surface area is 124 Å². The molecule has 21 heavy (non-hydrogen) atoms. The van der Waals surface area contributed by atoms with Crippen LogP contribution in [-0.4, -0.2) is 40.2 Å². The van der Waals surface area contributed by atoms with Gasteiger partial charge in [-0.25, -0.2) is 4.68 Å². The molecule has 1 aliphatic heterocycles. The van der Waals surface area contributed by atoms with E-state index in [2.05, 4.69) is 10.4 Å². The SMILES string of the molecule is O=C(CNCc1cnn(-c2ccccc2)c1)N1CCCC1. The highest BCUT2D eigenvalue weighted by molar-refractivity contribution is 5.78. The fourth-order valence-corrected chi connectivity index (χ4v) is 2.57. The Bertz CT molecular complexity index is 587. The molecule has 0 unspecified atom stereocenters. The quantitative estimate of drug-likeness (QED) is 0.907. The smallest absolute Gasteiger partial charge is 0.236 e. The van der Waals surface area contributed by atoms with Gasteiger partial charge >= 0.3 is 0 Å². The molecule has 2 heterocycles. The molecule has 1 saturated heterocycles. The molecule has 1 N–H and O–H groups in total. The van der Waals surface area contributed by atoms with Crippen LogP contribution in [0.5, 0.6) is 0 Å². The highest BCUT2D eigenvalue weighted by atomic mass is 16.2. The van der Waals surface area contributed by atoms with Crippen LogP contribution in [0.4, 0.5) is 0 Å². The average molecular weight is 284 g/mol. The standard InChI is InChI=1S/C16H20N4O/c21-16(19-8-4-5-9-19)12-17-10-14-11-18-20(13-14)15-6-2-1-3-7-15/h1-3,6-7,11,13,17H,4-5,8-10,12H2. The highest BCUT2D eigenvalue weighted by Gasteiger charge is 2.16. The van der Waals surface area contributed by atoms with Crippen LogP contribution in [0.1, 0.15) is 18.4 Å². The minimum Gasteiger partial charge on any atom is -0.342 e. The largest absolute Gasteiger partial charge is 0.342 e. The number of likely N-dealkylation sites (tertiary alicyclic amines) is 1. The molecule has 0 atom stereocenters. The summed E-state index contributed by atoms with van der Waals surface area (Å²) in [7, 11) is 0. The first kappa shape index (κ1) is 13.8.